The number of nitrogens with two attached hydrogens (primary N) is 1. The van der Waals surface area contributed by atoms with Crippen molar-refractivity contribution in [2.24, 2.45) is 5.73 Å². The van der Waals surface area contributed by atoms with Crippen molar-refractivity contribution in [2.75, 3.05) is 26.4 Å². The molecule has 0 saturated carbocycles. The highest BCUT2D eigenvalue weighted by atomic mass is 16.7. The molecule has 0 aliphatic heterocycles. The van der Waals surface area contributed by atoms with Gasteiger partial charge in [0.15, 0.2) is 6.29 Å². The Hall–Kier alpha value is -0.160. The minimum atomic E-state index is -0.188. The van der Waals surface area contributed by atoms with E-state index in [2.05, 4.69) is 13.8 Å². The molecule has 0 rings (SSSR count). The van der Waals surface area contributed by atoms with Crippen LogP contribution in [0.4, 0.5) is 0 Å². The van der Waals surface area contributed by atoms with Crippen LogP contribution in [0.1, 0.15) is 47.0 Å². The molecule has 17 heavy (non-hydrogen) atoms. The van der Waals surface area contributed by atoms with Gasteiger partial charge in [0.2, 0.25) is 0 Å². The molecule has 0 aliphatic carbocycles. The van der Waals surface area contributed by atoms with Gasteiger partial charge in [0.1, 0.15) is 0 Å². The predicted molar refractivity (Wildman–Crippen MR) is 70.0 cm³/mol. The predicted octanol–water partition coefficient (Wildman–Crippen LogP) is 2.31. The van der Waals surface area contributed by atoms with Crippen LogP contribution in [0.15, 0.2) is 0 Å². The fraction of sp³-hybridized carbons (Fsp3) is 1.00. The number of hydrogen-bond donors (Lipinski definition) is 1. The highest BCUT2D eigenvalue weighted by Crippen LogP contribution is 2.12. The van der Waals surface area contributed by atoms with E-state index in [4.69, 9.17) is 19.9 Å². The average molecular weight is 247 g/mol. The summed E-state index contributed by atoms with van der Waals surface area (Å²) < 4.78 is 16.5. The number of hydrogen-bond acceptors (Lipinski definition) is 4. The molecular weight excluding hydrogens is 218 g/mol. The quantitative estimate of drug-likeness (QED) is 0.449. The first-order valence-corrected chi connectivity index (χ1v) is 6.71. The monoisotopic (exact) mass is 247 g/mol. The fourth-order valence-electron chi connectivity index (χ4n) is 1.50. The Labute approximate surface area is 106 Å². The van der Waals surface area contributed by atoms with Gasteiger partial charge < -0.3 is 19.9 Å². The standard InChI is InChI=1S/C13H29NO3/c1-5-13(14,6-2)11-15-10-9-12(16-7-3)17-8-4/h12H,5-11,14H2,1-4H3. The Bertz CT molecular complexity index is 166. The molecule has 0 spiro atoms. The second-order valence-corrected chi connectivity index (χ2v) is 4.25. The van der Waals surface area contributed by atoms with Crippen molar-refractivity contribution in [2.45, 2.75) is 58.8 Å². The normalized spacial score (nSPS) is 12.4. The lowest BCUT2D eigenvalue weighted by Crippen LogP contribution is -2.43. The number of rotatable bonds is 11. The molecule has 0 unspecified atom stereocenters. The lowest BCUT2D eigenvalue weighted by atomic mass is 9.96. The molecule has 0 aromatic carbocycles. The third kappa shape index (κ3) is 7.71. The molecule has 0 aromatic heterocycles. The Morgan fingerprint density at radius 3 is 1.94 bits per heavy atom. The Morgan fingerprint density at radius 1 is 1.00 bits per heavy atom. The third-order valence-corrected chi connectivity index (χ3v) is 3.00. The second kappa shape index (κ2) is 9.83. The van der Waals surface area contributed by atoms with E-state index in [9.17, 15) is 0 Å². The molecule has 0 aliphatic rings. The summed E-state index contributed by atoms with van der Waals surface area (Å²) in [6, 6.07) is 0. The van der Waals surface area contributed by atoms with Crippen LogP contribution in [0.25, 0.3) is 0 Å². The summed E-state index contributed by atoms with van der Waals surface area (Å²) in [6.45, 7) is 10.7. The van der Waals surface area contributed by atoms with E-state index in [0.29, 0.717) is 26.4 Å². The molecule has 0 saturated heterocycles. The van der Waals surface area contributed by atoms with Crippen molar-refractivity contribution in [3.8, 4) is 0 Å². The van der Waals surface area contributed by atoms with Gasteiger partial charge in [-0.05, 0) is 26.7 Å². The minimum Gasteiger partial charge on any atom is -0.379 e. The molecule has 0 amide bonds. The van der Waals surface area contributed by atoms with Crippen molar-refractivity contribution in [1.29, 1.82) is 0 Å². The fourth-order valence-corrected chi connectivity index (χ4v) is 1.50. The van der Waals surface area contributed by atoms with E-state index in [1.807, 2.05) is 13.8 Å². The van der Waals surface area contributed by atoms with Gasteiger partial charge in [-0.1, -0.05) is 13.8 Å². The molecule has 4 heteroatoms. The van der Waals surface area contributed by atoms with E-state index in [-0.39, 0.29) is 11.8 Å². The van der Waals surface area contributed by atoms with E-state index in [1.165, 1.54) is 0 Å². The Kier molecular flexibility index (Phi) is 9.74. The van der Waals surface area contributed by atoms with Crippen LogP contribution in [-0.2, 0) is 14.2 Å². The highest BCUT2D eigenvalue weighted by Gasteiger charge is 2.20. The van der Waals surface area contributed by atoms with E-state index >= 15 is 0 Å². The number of ether oxygens (including phenoxy) is 3. The van der Waals surface area contributed by atoms with Gasteiger partial charge in [-0.15, -0.1) is 0 Å². The average Bonchev–Trinajstić information content (AvgIpc) is 2.34. The Balaban J connectivity index is 3.73. The van der Waals surface area contributed by atoms with Crippen molar-refractivity contribution in [3.63, 3.8) is 0 Å². The molecule has 0 heterocycles. The van der Waals surface area contributed by atoms with Crippen molar-refractivity contribution < 1.29 is 14.2 Å². The smallest absolute Gasteiger partial charge is 0.159 e. The summed E-state index contributed by atoms with van der Waals surface area (Å²) in [7, 11) is 0. The first kappa shape index (κ1) is 16.8. The SMILES string of the molecule is CCOC(CCOCC(N)(CC)CC)OCC. The van der Waals surface area contributed by atoms with Crippen LogP contribution in [0.5, 0.6) is 0 Å². The molecule has 4 nitrogen and oxygen atoms in total. The van der Waals surface area contributed by atoms with Gasteiger partial charge >= 0.3 is 0 Å². The largest absolute Gasteiger partial charge is 0.379 e. The zero-order valence-corrected chi connectivity index (χ0v) is 11.8. The highest BCUT2D eigenvalue weighted by molar-refractivity contribution is 4.80. The maximum absolute atomic E-state index is 6.14. The van der Waals surface area contributed by atoms with Crippen molar-refractivity contribution in [3.05, 3.63) is 0 Å². The molecule has 0 radical (unpaired) electrons. The minimum absolute atomic E-state index is 0.152. The van der Waals surface area contributed by atoms with E-state index in [1.54, 1.807) is 0 Å². The maximum atomic E-state index is 6.14. The van der Waals surface area contributed by atoms with Crippen LogP contribution in [-0.4, -0.2) is 38.3 Å². The van der Waals surface area contributed by atoms with Crippen LogP contribution >= 0.6 is 0 Å². The van der Waals surface area contributed by atoms with Crippen LogP contribution in [0.2, 0.25) is 0 Å². The van der Waals surface area contributed by atoms with Crippen LogP contribution in [0, 0.1) is 0 Å². The molecule has 2 N–H and O–H groups in total. The Morgan fingerprint density at radius 2 is 1.53 bits per heavy atom. The lowest BCUT2D eigenvalue weighted by molar-refractivity contribution is -0.147. The van der Waals surface area contributed by atoms with Gasteiger partial charge in [-0.3, -0.25) is 0 Å². The zero-order chi connectivity index (χ0) is 13.1. The third-order valence-electron chi connectivity index (χ3n) is 3.00. The van der Waals surface area contributed by atoms with Crippen LogP contribution < -0.4 is 5.73 Å². The summed E-state index contributed by atoms with van der Waals surface area (Å²) in [5, 5.41) is 0. The molecule has 104 valence electrons. The second-order valence-electron chi connectivity index (χ2n) is 4.25. The summed E-state index contributed by atoms with van der Waals surface area (Å²) in [6.07, 6.45) is 2.47. The van der Waals surface area contributed by atoms with Crippen LogP contribution in [0.3, 0.4) is 0 Å². The summed E-state index contributed by atoms with van der Waals surface area (Å²) in [5.74, 6) is 0. The van der Waals surface area contributed by atoms with E-state index in [0.717, 1.165) is 19.3 Å². The van der Waals surface area contributed by atoms with Gasteiger partial charge in [0.25, 0.3) is 0 Å². The molecule has 0 bridgehead atoms. The molecule has 0 aromatic rings. The lowest BCUT2D eigenvalue weighted by Gasteiger charge is -2.26. The summed E-state index contributed by atoms with van der Waals surface area (Å²) >= 11 is 0. The van der Waals surface area contributed by atoms with E-state index < -0.39 is 0 Å². The molecule has 0 atom stereocenters. The first-order valence-electron chi connectivity index (χ1n) is 6.71. The zero-order valence-electron chi connectivity index (χ0n) is 11.8. The van der Waals surface area contributed by atoms with Gasteiger partial charge in [-0.2, -0.15) is 0 Å². The van der Waals surface area contributed by atoms with Gasteiger partial charge in [-0.25, -0.2) is 0 Å². The summed E-state index contributed by atoms with van der Waals surface area (Å²) in [4.78, 5) is 0. The first-order chi connectivity index (χ1) is 8.11. The molecule has 0 fully saturated rings. The van der Waals surface area contributed by atoms with Gasteiger partial charge in [0.05, 0.1) is 13.2 Å². The van der Waals surface area contributed by atoms with Gasteiger partial charge in [0, 0.05) is 25.2 Å². The molecular formula is C13H29NO3. The maximum Gasteiger partial charge on any atom is 0.159 e. The summed E-state index contributed by atoms with van der Waals surface area (Å²) in [5.41, 5.74) is 5.96. The van der Waals surface area contributed by atoms with Crippen molar-refractivity contribution in [1.82, 2.24) is 0 Å². The topological polar surface area (TPSA) is 53.7 Å². The van der Waals surface area contributed by atoms with Crippen molar-refractivity contribution >= 4 is 0 Å².